The molecular formula is C29H37N5O3. The lowest BCUT2D eigenvalue weighted by Crippen LogP contribution is -2.50. The van der Waals surface area contributed by atoms with Crippen LogP contribution in [0.4, 0.5) is 11.5 Å². The number of amides is 2. The summed E-state index contributed by atoms with van der Waals surface area (Å²) in [7, 11) is 0. The second-order valence-electron chi connectivity index (χ2n) is 11.0. The average molecular weight is 504 g/mol. The molecule has 8 heteroatoms. The third-order valence-corrected chi connectivity index (χ3v) is 8.20. The van der Waals surface area contributed by atoms with Crippen LogP contribution < -0.4 is 21.3 Å². The molecule has 2 amide bonds. The van der Waals surface area contributed by atoms with Crippen LogP contribution >= 0.6 is 0 Å². The molecule has 1 aromatic heterocycles. The zero-order valence-corrected chi connectivity index (χ0v) is 21.9. The molecule has 2 saturated heterocycles. The summed E-state index contributed by atoms with van der Waals surface area (Å²) in [5.74, 6) is 0.692. The number of piperidine rings is 1. The fourth-order valence-electron chi connectivity index (χ4n) is 5.84. The molecule has 8 nitrogen and oxygen atoms in total. The third kappa shape index (κ3) is 5.20. The van der Waals surface area contributed by atoms with Gasteiger partial charge in [-0.1, -0.05) is 6.92 Å². The van der Waals surface area contributed by atoms with E-state index in [1.54, 1.807) is 18.3 Å². The molecule has 1 saturated carbocycles. The molecule has 196 valence electrons. The number of hydrogen-bond acceptors (Lipinski definition) is 6. The predicted octanol–water partition coefficient (Wildman–Crippen LogP) is 4.22. The summed E-state index contributed by atoms with van der Waals surface area (Å²) in [6.45, 7) is 5.92. The van der Waals surface area contributed by atoms with E-state index < -0.39 is 5.91 Å². The van der Waals surface area contributed by atoms with E-state index >= 15 is 0 Å². The molecule has 0 radical (unpaired) electrons. The second kappa shape index (κ2) is 10.1. The molecule has 3 aliphatic rings. The van der Waals surface area contributed by atoms with Crippen molar-refractivity contribution in [3.63, 3.8) is 0 Å². The van der Waals surface area contributed by atoms with Crippen LogP contribution in [0.1, 0.15) is 95.4 Å². The minimum absolute atomic E-state index is 0.0677. The van der Waals surface area contributed by atoms with Crippen LogP contribution in [0.5, 0.6) is 0 Å². The minimum atomic E-state index is -0.511. The van der Waals surface area contributed by atoms with Crippen LogP contribution in [0.25, 0.3) is 0 Å². The maximum atomic E-state index is 13.4. The van der Waals surface area contributed by atoms with Gasteiger partial charge in [0.25, 0.3) is 11.8 Å². The van der Waals surface area contributed by atoms with Gasteiger partial charge in [-0.3, -0.25) is 14.4 Å². The summed E-state index contributed by atoms with van der Waals surface area (Å²) in [5, 5.41) is 6.58. The van der Waals surface area contributed by atoms with E-state index in [1.807, 2.05) is 26.0 Å². The summed E-state index contributed by atoms with van der Waals surface area (Å²) in [6.07, 6.45) is 8.43. The third-order valence-electron chi connectivity index (χ3n) is 8.20. The SMILES string of the molecule is CC[C@@H](C)Nc1cc(C(=O)NC2CC3CCC(C2)N3c2ccc(C(=O)C3CC3)cn2)c(C)cc1C(N)=O. The lowest BCUT2D eigenvalue weighted by atomic mass is 9.95. The van der Waals surface area contributed by atoms with E-state index in [9.17, 15) is 14.4 Å². The number of fused-ring (bicyclic) bond motifs is 2. The lowest BCUT2D eigenvalue weighted by Gasteiger charge is -2.40. The van der Waals surface area contributed by atoms with Crippen LogP contribution in [-0.2, 0) is 0 Å². The Hall–Kier alpha value is -3.42. The first-order chi connectivity index (χ1) is 17.7. The van der Waals surface area contributed by atoms with Gasteiger partial charge in [-0.05, 0) is 88.6 Å². The lowest BCUT2D eigenvalue weighted by molar-refractivity contribution is 0.0923. The molecular weight excluding hydrogens is 466 g/mol. The summed E-state index contributed by atoms with van der Waals surface area (Å²) in [5.41, 5.74) is 8.60. The number of hydrogen-bond donors (Lipinski definition) is 3. The molecule has 3 heterocycles. The van der Waals surface area contributed by atoms with Gasteiger partial charge in [0.1, 0.15) is 5.82 Å². The highest BCUT2D eigenvalue weighted by molar-refractivity contribution is 6.03. The van der Waals surface area contributed by atoms with E-state index in [4.69, 9.17) is 5.73 Å². The predicted molar refractivity (Wildman–Crippen MR) is 144 cm³/mol. The van der Waals surface area contributed by atoms with Crippen molar-refractivity contribution in [2.75, 3.05) is 10.2 Å². The minimum Gasteiger partial charge on any atom is -0.382 e. The highest BCUT2D eigenvalue weighted by Crippen LogP contribution is 2.39. The number of carbonyl (C=O) groups is 3. The molecule has 2 bridgehead atoms. The van der Waals surface area contributed by atoms with Gasteiger partial charge in [-0.25, -0.2) is 4.98 Å². The van der Waals surface area contributed by atoms with Crippen LogP contribution in [-0.4, -0.2) is 46.7 Å². The van der Waals surface area contributed by atoms with Gasteiger partial charge in [-0.15, -0.1) is 0 Å². The number of Topliss-reactive ketones (excluding diaryl/α,β-unsaturated/α-hetero) is 1. The number of nitrogens with zero attached hydrogens (tertiary/aromatic N) is 2. The van der Waals surface area contributed by atoms with Gasteiger partial charge >= 0.3 is 0 Å². The molecule has 1 aliphatic carbocycles. The molecule has 5 rings (SSSR count). The number of anilines is 2. The second-order valence-corrected chi connectivity index (χ2v) is 11.0. The number of aryl methyl sites for hydroxylation is 1. The van der Waals surface area contributed by atoms with Crippen molar-refractivity contribution >= 4 is 29.1 Å². The van der Waals surface area contributed by atoms with Crippen molar-refractivity contribution in [2.24, 2.45) is 11.7 Å². The Morgan fingerprint density at radius 3 is 2.35 bits per heavy atom. The molecule has 1 aromatic carbocycles. The van der Waals surface area contributed by atoms with Crippen molar-refractivity contribution < 1.29 is 14.4 Å². The van der Waals surface area contributed by atoms with E-state index in [-0.39, 0.29) is 29.7 Å². The number of ketones is 1. The topological polar surface area (TPSA) is 117 Å². The Kier molecular flexibility index (Phi) is 6.92. The number of benzene rings is 1. The van der Waals surface area contributed by atoms with Gasteiger partial charge in [0.15, 0.2) is 5.78 Å². The van der Waals surface area contributed by atoms with Gasteiger partial charge in [-0.2, -0.15) is 0 Å². The molecule has 0 spiro atoms. The van der Waals surface area contributed by atoms with Gasteiger partial charge < -0.3 is 21.3 Å². The zero-order chi connectivity index (χ0) is 26.3. The highest BCUT2D eigenvalue weighted by atomic mass is 16.2. The van der Waals surface area contributed by atoms with Crippen LogP contribution in [0.2, 0.25) is 0 Å². The highest BCUT2D eigenvalue weighted by Gasteiger charge is 2.42. The van der Waals surface area contributed by atoms with Crippen molar-refractivity contribution in [2.45, 2.75) is 89.9 Å². The largest absolute Gasteiger partial charge is 0.382 e. The van der Waals surface area contributed by atoms with E-state index in [0.29, 0.717) is 34.5 Å². The van der Waals surface area contributed by atoms with Gasteiger partial charge in [0, 0.05) is 53.1 Å². The number of primary amides is 1. The Labute approximate surface area is 218 Å². The molecule has 2 aliphatic heterocycles. The van der Waals surface area contributed by atoms with Gasteiger partial charge in [0.05, 0.1) is 5.56 Å². The molecule has 4 N–H and O–H groups in total. The summed E-state index contributed by atoms with van der Waals surface area (Å²) < 4.78 is 0. The van der Waals surface area contributed by atoms with Crippen LogP contribution in [0.3, 0.4) is 0 Å². The number of nitrogens with one attached hydrogen (secondary N) is 2. The van der Waals surface area contributed by atoms with Crippen molar-refractivity contribution in [1.29, 1.82) is 0 Å². The summed E-state index contributed by atoms with van der Waals surface area (Å²) in [4.78, 5) is 44.7. The number of nitrogens with two attached hydrogens (primary N) is 1. The number of pyridine rings is 1. The Morgan fingerprint density at radius 1 is 1.08 bits per heavy atom. The summed E-state index contributed by atoms with van der Waals surface area (Å²) in [6, 6.07) is 8.19. The molecule has 3 atom stereocenters. The molecule has 2 unspecified atom stereocenters. The van der Waals surface area contributed by atoms with E-state index in [2.05, 4.69) is 27.4 Å². The quantitative estimate of drug-likeness (QED) is 0.441. The standard InChI is InChI=1S/C29H37N5O3/c1-4-17(3)32-25-14-23(16(2)11-24(25)28(30)36)29(37)33-20-12-21-8-9-22(13-20)34(21)26-10-7-19(15-31-26)27(35)18-5-6-18/h7,10-11,14-15,17-18,20-22,32H,4-6,8-9,12-13H2,1-3H3,(H2,30,36)(H,33,37)/t17-,20?,21?,22?/m1/s1. The van der Waals surface area contributed by atoms with Crippen molar-refractivity contribution in [3.05, 3.63) is 52.7 Å². The monoisotopic (exact) mass is 503 g/mol. The van der Waals surface area contributed by atoms with Crippen LogP contribution in [0.15, 0.2) is 30.5 Å². The summed E-state index contributed by atoms with van der Waals surface area (Å²) >= 11 is 0. The fourth-order valence-corrected chi connectivity index (χ4v) is 5.84. The molecule has 3 fully saturated rings. The number of aromatic nitrogens is 1. The van der Waals surface area contributed by atoms with Crippen molar-refractivity contribution in [1.82, 2.24) is 10.3 Å². The first-order valence-corrected chi connectivity index (χ1v) is 13.6. The first kappa shape index (κ1) is 25.2. The maximum absolute atomic E-state index is 13.4. The van der Waals surface area contributed by atoms with Crippen LogP contribution in [0, 0.1) is 12.8 Å². The zero-order valence-electron chi connectivity index (χ0n) is 21.9. The normalized spacial score (nSPS) is 23.4. The smallest absolute Gasteiger partial charge is 0.251 e. The number of carbonyl (C=O) groups excluding carboxylic acids is 3. The number of rotatable bonds is 9. The molecule has 2 aromatic rings. The van der Waals surface area contributed by atoms with Crippen molar-refractivity contribution in [3.8, 4) is 0 Å². The molecule has 37 heavy (non-hydrogen) atoms. The van der Waals surface area contributed by atoms with E-state index in [0.717, 1.165) is 56.3 Å². The Bertz CT molecular complexity index is 1190. The average Bonchev–Trinajstić information content (AvgIpc) is 3.69. The maximum Gasteiger partial charge on any atom is 0.251 e. The van der Waals surface area contributed by atoms with E-state index in [1.165, 1.54) is 0 Å². The first-order valence-electron chi connectivity index (χ1n) is 13.6. The fraction of sp³-hybridized carbons (Fsp3) is 0.517. The Balaban J connectivity index is 1.27. The Morgan fingerprint density at radius 2 is 1.78 bits per heavy atom. The van der Waals surface area contributed by atoms with Gasteiger partial charge in [0.2, 0.25) is 0 Å².